The summed E-state index contributed by atoms with van der Waals surface area (Å²) in [5.74, 6) is 0. The molecule has 0 atom stereocenters. The van der Waals surface area contributed by atoms with E-state index in [1.54, 1.807) is 0 Å². The summed E-state index contributed by atoms with van der Waals surface area (Å²) in [6.45, 7) is 2.87. The average molecular weight is 195 g/mol. The average Bonchev–Trinajstić information content (AvgIpc) is 2.03. The van der Waals surface area contributed by atoms with Crippen molar-refractivity contribution >= 4 is 0 Å². The predicted octanol–water partition coefficient (Wildman–Crippen LogP) is 1.18. The summed E-state index contributed by atoms with van der Waals surface area (Å²) in [6.07, 6.45) is 10.7. The summed E-state index contributed by atoms with van der Waals surface area (Å²) in [5, 5.41) is 0. The van der Waals surface area contributed by atoms with Crippen molar-refractivity contribution in [1.82, 2.24) is 0 Å². The minimum absolute atomic E-state index is 0. The van der Waals surface area contributed by atoms with Crippen LogP contribution in [0.5, 0.6) is 0 Å². The molecule has 0 saturated heterocycles. The van der Waals surface area contributed by atoms with E-state index in [9.17, 15) is 0 Å². The summed E-state index contributed by atoms with van der Waals surface area (Å²) < 4.78 is 0. The fourth-order valence-electron chi connectivity index (χ4n) is 1.26. The summed E-state index contributed by atoms with van der Waals surface area (Å²) in [4.78, 5) is 0. The van der Waals surface area contributed by atoms with Gasteiger partial charge in [-0.2, -0.15) is 6.54 Å². The van der Waals surface area contributed by atoms with Crippen LogP contribution < -0.4 is 51.4 Å². The maximum absolute atomic E-state index is 6.95. The number of rotatable bonds is 8. The number of hydrogen-bond donors (Lipinski definition) is 0. The molecule has 1 nitrogen and oxygen atoms in total. The molecule has 0 spiro atoms. The zero-order chi connectivity index (χ0) is 8.36. The van der Waals surface area contributed by atoms with Gasteiger partial charge in [0.25, 0.3) is 0 Å². The maximum atomic E-state index is 6.95. The van der Waals surface area contributed by atoms with Crippen LogP contribution in [0.1, 0.15) is 58.3 Å². The molecule has 0 aromatic heterocycles. The van der Waals surface area contributed by atoms with Crippen LogP contribution in [0.15, 0.2) is 0 Å². The molecule has 1 N–H and O–H groups in total. The Morgan fingerprint density at radius 1 is 0.750 bits per heavy atom. The fraction of sp³-hybridized carbons (Fsp3) is 1.00. The third kappa shape index (κ3) is 14.1. The second-order valence-corrected chi connectivity index (χ2v) is 3.22. The molecular formula is C10H22KN. The van der Waals surface area contributed by atoms with Crippen LogP contribution in [0.25, 0.3) is 5.73 Å². The van der Waals surface area contributed by atoms with Crippen molar-refractivity contribution in [1.29, 1.82) is 0 Å². The van der Waals surface area contributed by atoms with Gasteiger partial charge in [-0.25, -0.2) is 0 Å². The molecule has 2 heteroatoms. The van der Waals surface area contributed by atoms with Crippen molar-refractivity contribution in [2.24, 2.45) is 0 Å². The normalized spacial score (nSPS) is 9.50. The Morgan fingerprint density at radius 3 is 1.58 bits per heavy atom. The first-order chi connectivity index (χ1) is 5.41. The van der Waals surface area contributed by atoms with Crippen LogP contribution in [0, 0.1) is 0 Å². The van der Waals surface area contributed by atoms with E-state index in [2.05, 4.69) is 6.92 Å². The minimum Gasteiger partial charge on any atom is -0.677 e. The van der Waals surface area contributed by atoms with Crippen molar-refractivity contribution in [2.45, 2.75) is 58.3 Å². The molecule has 68 valence electrons. The first-order valence-corrected chi connectivity index (χ1v) is 5.06. The number of hydrogen-bond acceptors (Lipinski definition) is 0. The van der Waals surface area contributed by atoms with Gasteiger partial charge in [0, 0.05) is 0 Å². The molecule has 0 saturated carbocycles. The van der Waals surface area contributed by atoms with Crippen molar-refractivity contribution < 1.29 is 51.4 Å². The molecule has 0 aliphatic carbocycles. The Bertz CT molecular complexity index is 58.9. The van der Waals surface area contributed by atoms with Gasteiger partial charge in [-0.1, -0.05) is 58.3 Å². The Balaban J connectivity index is 0. The van der Waals surface area contributed by atoms with Gasteiger partial charge in [0.2, 0.25) is 0 Å². The molecule has 0 fully saturated rings. The van der Waals surface area contributed by atoms with E-state index in [0.717, 1.165) is 6.42 Å². The minimum atomic E-state index is 0. The largest absolute Gasteiger partial charge is 1.00 e. The van der Waals surface area contributed by atoms with Gasteiger partial charge >= 0.3 is 51.4 Å². The van der Waals surface area contributed by atoms with E-state index in [1.165, 1.54) is 44.9 Å². The molecule has 0 heterocycles. The number of unbranched alkanes of at least 4 members (excludes halogenated alkanes) is 7. The molecule has 12 heavy (non-hydrogen) atoms. The number of nitrogens with one attached hydrogen (secondary N) is 1. The van der Waals surface area contributed by atoms with Crippen molar-refractivity contribution in [2.75, 3.05) is 6.54 Å². The molecule has 0 radical (unpaired) electrons. The van der Waals surface area contributed by atoms with Gasteiger partial charge in [0.05, 0.1) is 0 Å². The van der Waals surface area contributed by atoms with Gasteiger partial charge in [-0.3, -0.25) is 0 Å². The summed E-state index contributed by atoms with van der Waals surface area (Å²) in [7, 11) is 0. The van der Waals surface area contributed by atoms with Crippen molar-refractivity contribution in [3.8, 4) is 0 Å². The Morgan fingerprint density at radius 2 is 1.17 bits per heavy atom. The second-order valence-electron chi connectivity index (χ2n) is 3.22. The van der Waals surface area contributed by atoms with E-state index in [0.29, 0.717) is 6.54 Å². The Kier molecular flexibility index (Phi) is 20.2. The molecule has 0 aliphatic heterocycles. The van der Waals surface area contributed by atoms with Gasteiger partial charge in [-0.15, -0.1) is 0 Å². The fourth-order valence-corrected chi connectivity index (χ4v) is 1.26. The zero-order valence-electron chi connectivity index (χ0n) is 8.86. The Hall–Kier alpha value is 1.60. The predicted molar refractivity (Wildman–Crippen MR) is 51.8 cm³/mol. The van der Waals surface area contributed by atoms with E-state index >= 15 is 0 Å². The monoisotopic (exact) mass is 195 g/mol. The van der Waals surface area contributed by atoms with Crippen LogP contribution in [-0.4, -0.2) is 6.54 Å². The first-order valence-electron chi connectivity index (χ1n) is 5.06. The van der Waals surface area contributed by atoms with Crippen molar-refractivity contribution in [3.63, 3.8) is 0 Å². The van der Waals surface area contributed by atoms with Gasteiger partial charge in [-0.05, 0) is 0 Å². The quantitative estimate of drug-likeness (QED) is 0.410. The third-order valence-electron chi connectivity index (χ3n) is 2.03. The molecule has 0 rings (SSSR count). The Labute approximate surface area is 120 Å². The van der Waals surface area contributed by atoms with Crippen molar-refractivity contribution in [3.05, 3.63) is 5.73 Å². The van der Waals surface area contributed by atoms with Crippen LogP contribution in [0.3, 0.4) is 0 Å². The van der Waals surface area contributed by atoms with E-state index in [-0.39, 0.29) is 51.4 Å². The van der Waals surface area contributed by atoms with E-state index < -0.39 is 0 Å². The SMILES string of the molecule is CCCCCCCCCC[NH-].[K+]. The van der Waals surface area contributed by atoms with Crippen LogP contribution in [-0.2, 0) is 0 Å². The smallest absolute Gasteiger partial charge is 0.677 e. The topological polar surface area (TPSA) is 23.8 Å². The second kappa shape index (κ2) is 15.1. The van der Waals surface area contributed by atoms with Crippen LogP contribution in [0.4, 0.5) is 0 Å². The maximum Gasteiger partial charge on any atom is 1.00 e. The molecule has 0 aliphatic rings. The molecular weight excluding hydrogens is 173 g/mol. The summed E-state index contributed by atoms with van der Waals surface area (Å²) in [5.41, 5.74) is 6.95. The van der Waals surface area contributed by atoms with E-state index in [1.807, 2.05) is 0 Å². The molecule has 0 bridgehead atoms. The van der Waals surface area contributed by atoms with Crippen LogP contribution >= 0.6 is 0 Å². The van der Waals surface area contributed by atoms with Gasteiger partial charge in [0.15, 0.2) is 0 Å². The molecule has 0 unspecified atom stereocenters. The molecule has 0 aromatic carbocycles. The standard InChI is InChI=1S/C10H22N.K/c1-2-3-4-5-6-7-8-9-10-11;/h11H,2-10H2,1H3;/q-1;+1. The molecule has 0 amide bonds. The van der Waals surface area contributed by atoms with E-state index in [4.69, 9.17) is 5.73 Å². The summed E-state index contributed by atoms with van der Waals surface area (Å²) in [6, 6.07) is 0. The van der Waals surface area contributed by atoms with Gasteiger partial charge in [0.1, 0.15) is 0 Å². The zero-order valence-corrected chi connectivity index (χ0v) is 12.0. The summed E-state index contributed by atoms with van der Waals surface area (Å²) >= 11 is 0. The first kappa shape index (κ1) is 16.0. The van der Waals surface area contributed by atoms with Crippen LogP contribution in [0.2, 0.25) is 0 Å². The molecule has 0 aromatic rings. The van der Waals surface area contributed by atoms with Gasteiger partial charge < -0.3 is 5.73 Å². The third-order valence-corrected chi connectivity index (χ3v) is 2.03.